The number of hydrogen-bond donors (Lipinski definition) is 0. The van der Waals surface area contributed by atoms with Gasteiger partial charge in [0.1, 0.15) is 11.5 Å². The Bertz CT molecular complexity index is 929. The quantitative estimate of drug-likeness (QED) is 0.330. The summed E-state index contributed by atoms with van der Waals surface area (Å²) >= 11 is 0.922. The van der Waals surface area contributed by atoms with Gasteiger partial charge in [0.25, 0.3) is 11.1 Å². The van der Waals surface area contributed by atoms with Crippen molar-refractivity contribution in [1.82, 2.24) is 4.90 Å². The molecule has 2 heterocycles. The lowest BCUT2D eigenvalue weighted by atomic mass is 10.1. The van der Waals surface area contributed by atoms with E-state index in [4.69, 9.17) is 9.15 Å². The third-order valence-electron chi connectivity index (χ3n) is 4.36. The first-order valence-electron chi connectivity index (χ1n) is 9.66. The number of carbonyl (C=O) groups is 3. The first-order valence-corrected chi connectivity index (χ1v) is 10.5. The van der Waals surface area contributed by atoms with Crippen molar-refractivity contribution in [3.8, 4) is 11.3 Å². The Hall–Kier alpha value is -2.80. The zero-order valence-electron chi connectivity index (χ0n) is 16.5. The summed E-state index contributed by atoms with van der Waals surface area (Å²) in [6.07, 6.45) is 4.12. The number of nitrogens with zero attached hydrogens (tertiary/aromatic N) is 1. The highest BCUT2D eigenvalue weighted by molar-refractivity contribution is 8.18. The van der Waals surface area contributed by atoms with Crippen molar-refractivity contribution < 1.29 is 23.5 Å². The maximum absolute atomic E-state index is 12.3. The number of ether oxygens (including phenoxy) is 1. The SMILES string of the molecule is CCCCOC(=O)c1ccc(-c2ccc(/C=C3/SC(=O)N(CCC)C3=O)o2)cc1. The largest absolute Gasteiger partial charge is 0.462 e. The molecule has 7 heteroatoms. The fourth-order valence-electron chi connectivity index (χ4n) is 2.79. The minimum atomic E-state index is -0.340. The van der Waals surface area contributed by atoms with Crippen LogP contribution in [0.3, 0.4) is 0 Å². The van der Waals surface area contributed by atoms with Gasteiger partial charge >= 0.3 is 5.97 Å². The lowest BCUT2D eigenvalue weighted by molar-refractivity contribution is -0.122. The van der Waals surface area contributed by atoms with Crippen LogP contribution in [-0.2, 0) is 9.53 Å². The number of hydrogen-bond acceptors (Lipinski definition) is 6. The Morgan fingerprint density at radius 2 is 1.86 bits per heavy atom. The van der Waals surface area contributed by atoms with Crippen molar-refractivity contribution in [2.24, 2.45) is 0 Å². The van der Waals surface area contributed by atoms with Crippen molar-refractivity contribution in [2.45, 2.75) is 33.1 Å². The summed E-state index contributed by atoms with van der Waals surface area (Å²) in [7, 11) is 0. The van der Waals surface area contributed by atoms with Crippen LogP contribution in [0.2, 0.25) is 0 Å². The molecule has 1 fully saturated rings. The molecule has 3 rings (SSSR count). The van der Waals surface area contributed by atoms with Gasteiger partial charge in [0.2, 0.25) is 0 Å². The van der Waals surface area contributed by atoms with Gasteiger partial charge in [-0.3, -0.25) is 14.5 Å². The molecule has 0 bridgehead atoms. The number of carbonyl (C=O) groups excluding carboxylic acids is 3. The first-order chi connectivity index (χ1) is 14.0. The normalized spacial score (nSPS) is 15.4. The topological polar surface area (TPSA) is 76.8 Å². The van der Waals surface area contributed by atoms with Gasteiger partial charge in [0.05, 0.1) is 17.1 Å². The molecular weight excluding hydrogens is 390 g/mol. The molecule has 6 nitrogen and oxygen atoms in total. The number of rotatable bonds is 8. The van der Waals surface area contributed by atoms with Crippen LogP contribution in [0.5, 0.6) is 0 Å². The molecule has 2 aromatic rings. The number of thioether (sulfide) groups is 1. The average Bonchev–Trinajstić information content (AvgIpc) is 3.29. The van der Waals surface area contributed by atoms with Crippen molar-refractivity contribution in [3.05, 3.63) is 52.6 Å². The van der Waals surface area contributed by atoms with E-state index in [1.165, 1.54) is 4.90 Å². The number of esters is 1. The summed E-state index contributed by atoms with van der Waals surface area (Å²) in [5.74, 6) is 0.471. The van der Waals surface area contributed by atoms with E-state index < -0.39 is 0 Å². The predicted octanol–water partition coefficient (Wildman–Crippen LogP) is 5.35. The molecule has 0 radical (unpaired) electrons. The predicted molar refractivity (Wildman–Crippen MR) is 112 cm³/mol. The zero-order valence-corrected chi connectivity index (χ0v) is 17.3. The molecule has 0 N–H and O–H groups in total. The van der Waals surface area contributed by atoms with Gasteiger partial charge in [-0.25, -0.2) is 4.79 Å². The van der Waals surface area contributed by atoms with Gasteiger partial charge < -0.3 is 9.15 Å². The second-order valence-corrected chi connectivity index (χ2v) is 7.60. The molecule has 1 aliphatic rings. The Kier molecular flexibility index (Phi) is 6.93. The minimum absolute atomic E-state index is 0.253. The average molecular weight is 413 g/mol. The van der Waals surface area contributed by atoms with E-state index in [0.717, 1.165) is 36.6 Å². The van der Waals surface area contributed by atoms with E-state index in [2.05, 4.69) is 0 Å². The van der Waals surface area contributed by atoms with E-state index in [1.807, 2.05) is 13.8 Å². The summed E-state index contributed by atoms with van der Waals surface area (Å²) in [6.45, 7) is 4.79. The van der Waals surface area contributed by atoms with Gasteiger partial charge in [0.15, 0.2) is 0 Å². The first kappa shape index (κ1) is 20.9. The van der Waals surface area contributed by atoms with E-state index in [1.54, 1.807) is 42.5 Å². The zero-order chi connectivity index (χ0) is 20.8. The fraction of sp³-hybridized carbons (Fsp3) is 0.318. The van der Waals surface area contributed by atoms with Crippen LogP contribution in [0.15, 0.2) is 45.7 Å². The number of amides is 2. The maximum Gasteiger partial charge on any atom is 0.338 e. The molecule has 1 saturated heterocycles. The molecule has 1 aliphatic heterocycles. The highest BCUT2D eigenvalue weighted by atomic mass is 32.2. The second-order valence-electron chi connectivity index (χ2n) is 6.60. The van der Waals surface area contributed by atoms with Gasteiger partial charge in [-0.05, 0) is 48.9 Å². The van der Waals surface area contributed by atoms with Gasteiger partial charge in [0, 0.05) is 18.2 Å². The smallest absolute Gasteiger partial charge is 0.338 e. The molecular formula is C22H23NO5S. The number of imide groups is 1. The van der Waals surface area contributed by atoms with Crippen LogP contribution in [0, 0.1) is 0 Å². The third-order valence-corrected chi connectivity index (χ3v) is 5.26. The summed E-state index contributed by atoms with van der Waals surface area (Å²) in [5, 5.41) is -0.253. The molecule has 152 valence electrons. The van der Waals surface area contributed by atoms with Gasteiger partial charge in [-0.1, -0.05) is 32.4 Å². The molecule has 0 unspecified atom stereocenters. The number of unbranched alkanes of at least 4 members (excludes halogenated alkanes) is 1. The minimum Gasteiger partial charge on any atom is -0.462 e. The molecule has 29 heavy (non-hydrogen) atoms. The fourth-order valence-corrected chi connectivity index (χ4v) is 3.64. The lowest BCUT2D eigenvalue weighted by Gasteiger charge is -2.09. The molecule has 0 saturated carbocycles. The lowest BCUT2D eigenvalue weighted by Crippen LogP contribution is -2.28. The molecule has 1 aromatic heterocycles. The Morgan fingerprint density at radius 3 is 2.55 bits per heavy atom. The second kappa shape index (κ2) is 9.60. The molecule has 0 aliphatic carbocycles. The van der Waals surface area contributed by atoms with Crippen LogP contribution >= 0.6 is 11.8 Å². The number of furan rings is 1. The van der Waals surface area contributed by atoms with E-state index >= 15 is 0 Å². The Balaban J connectivity index is 1.69. The van der Waals surface area contributed by atoms with Crippen molar-refractivity contribution in [1.29, 1.82) is 0 Å². The van der Waals surface area contributed by atoms with Crippen LogP contribution in [0.25, 0.3) is 17.4 Å². The van der Waals surface area contributed by atoms with Gasteiger partial charge in [-0.2, -0.15) is 0 Å². The van der Waals surface area contributed by atoms with Crippen LogP contribution < -0.4 is 0 Å². The standard InChI is InChI=1S/C22H23NO5S/c1-3-5-13-27-21(25)16-8-6-15(7-9-16)18-11-10-17(28-18)14-19-20(24)23(12-4-2)22(26)29-19/h6-11,14H,3-5,12-13H2,1-2H3/b19-14+. The van der Waals surface area contributed by atoms with Gasteiger partial charge in [-0.15, -0.1) is 0 Å². The summed E-state index contributed by atoms with van der Waals surface area (Å²) in [5.41, 5.74) is 1.29. The highest BCUT2D eigenvalue weighted by Crippen LogP contribution is 2.33. The summed E-state index contributed by atoms with van der Waals surface area (Å²) < 4.78 is 11.0. The molecule has 1 aromatic carbocycles. The Labute approximate surface area is 173 Å². The van der Waals surface area contributed by atoms with Crippen LogP contribution in [0.1, 0.15) is 49.2 Å². The third kappa shape index (κ3) is 4.98. The Morgan fingerprint density at radius 1 is 1.10 bits per heavy atom. The van der Waals surface area contributed by atoms with Crippen LogP contribution in [0.4, 0.5) is 4.79 Å². The molecule has 0 atom stereocenters. The number of benzene rings is 1. The van der Waals surface area contributed by atoms with E-state index in [-0.39, 0.29) is 17.1 Å². The summed E-state index contributed by atoms with van der Waals surface area (Å²) in [4.78, 5) is 37.8. The van der Waals surface area contributed by atoms with Crippen molar-refractivity contribution in [2.75, 3.05) is 13.2 Å². The van der Waals surface area contributed by atoms with Crippen LogP contribution in [-0.4, -0.2) is 35.2 Å². The molecule has 0 spiro atoms. The van der Waals surface area contributed by atoms with Crippen molar-refractivity contribution >= 4 is 35.0 Å². The molecule has 2 amide bonds. The highest BCUT2D eigenvalue weighted by Gasteiger charge is 2.34. The monoisotopic (exact) mass is 413 g/mol. The van der Waals surface area contributed by atoms with E-state index in [0.29, 0.717) is 35.1 Å². The maximum atomic E-state index is 12.3. The van der Waals surface area contributed by atoms with E-state index in [9.17, 15) is 14.4 Å². The summed E-state index contributed by atoms with van der Waals surface area (Å²) in [6, 6.07) is 10.5. The van der Waals surface area contributed by atoms with Crippen molar-refractivity contribution in [3.63, 3.8) is 0 Å².